The number of amides is 1. The molecule has 0 radical (unpaired) electrons. The van der Waals surface area contributed by atoms with E-state index in [1.807, 2.05) is 47.4 Å². The molecular weight excluding hydrogens is 388 g/mol. The summed E-state index contributed by atoms with van der Waals surface area (Å²) < 4.78 is 5.65. The summed E-state index contributed by atoms with van der Waals surface area (Å²) in [6, 6.07) is 17.1. The number of carbonyl (C=O) groups excluding carboxylic acids is 1. The Hall–Kier alpha value is -3.00. The van der Waals surface area contributed by atoms with Crippen molar-refractivity contribution < 1.29 is 14.3 Å². The topological polar surface area (TPSA) is 82.7 Å². The van der Waals surface area contributed by atoms with Crippen LogP contribution < -0.4 is 4.90 Å². The van der Waals surface area contributed by atoms with E-state index in [1.165, 1.54) is 11.8 Å². The van der Waals surface area contributed by atoms with Gasteiger partial charge < -0.3 is 19.3 Å². The molecule has 1 aliphatic heterocycles. The number of aromatic hydroxyl groups is 1. The summed E-state index contributed by atoms with van der Waals surface area (Å²) in [6.07, 6.45) is 0.585. The smallest absolute Gasteiger partial charge is 0.277 e. The molecule has 1 saturated heterocycles. The predicted octanol–water partition coefficient (Wildman–Crippen LogP) is 2.81. The molecule has 1 aromatic heterocycles. The lowest BCUT2D eigenvalue weighted by Crippen LogP contribution is -2.49. The first-order valence-electron chi connectivity index (χ1n) is 9.48. The van der Waals surface area contributed by atoms with Crippen molar-refractivity contribution >= 4 is 23.4 Å². The zero-order valence-electron chi connectivity index (χ0n) is 15.9. The van der Waals surface area contributed by atoms with Gasteiger partial charge >= 0.3 is 0 Å². The SMILES string of the molecule is O=C(CSc1nnc(Cc2ccccc2)o1)N1CCN(c2ccc(O)cc2)CC1. The van der Waals surface area contributed by atoms with Crippen LogP contribution in [0.5, 0.6) is 5.75 Å². The fraction of sp³-hybridized carbons (Fsp3) is 0.286. The Morgan fingerprint density at radius 1 is 1.00 bits per heavy atom. The van der Waals surface area contributed by atoms with Crippen molar-refractivity contribution in [3.63, 3.8) is 0 Å². The average Bonchev–Trinajstić information content (AvgIpc) is 3.21. The first-order valence-corrected chi connectivity index (χ1v) is 10.5. The van der Waals surface area contributed by atoms with Crippen molar-refractivity contribution in [1.29, 1.82) is 0 Å². The molecule has 1 aliphatic rings. The van der Waals surface area contributed by atoms with Crippen LogP contribution in [0.25, 0.3) is 0 Å². The van der Waals surface area contributed by atoms with Crippen molar-refractivity contribution in [3.8, 4) is 5.75 Å². The van der Waals surface area contributed by atoms with Gasteiger partial charge in [0.2, 0.25) is 11.8 Å². The van der Waals surface area contributed by atoms with Crippen LogP contribution in [-0.2, 0) is 11.2 Å². The molecule has 0 aliphatic carbocycles. The molecule has 0 atom stereocenters. The van der Waals surface area contributed by atoms with Crippen LogP contribution in [0.4, 0.5) is 5.69 Å². The van der Waals surface area contributed by atoms with Gasteiger partial charge in [-0.05, 0) is 29.8 Å². The van der Waals surface area contributed by atoms with Gasteiger partial charge in [-0.25, -0.2) is 0 Å². The number of piperazine rings is 1. The summed E-state index contributed by atoms with van der Waals surface area (Å²) in [6.45, 7) is 2.87. The van der Waals surface area contributed by atoms with Crippen LogP contribution in [0, 0.1) is 0 Å². The maximum Gasteiger partial charge on any atom is 0.277 e. The highest BCUT2D eigenvalue weighted by atomic mass is 32.2. The number of benzene rings is 2. The van der Waals surface area contributed by atoms with Gasteiger partial charge in [-0.1, -0.05) is 42.1 Å². The first-order chi connectivity index (χ1) is 14.2. The van der Waals surface area contributed by atoms with Crippen molar-refractivity contribution in [2.75, 3.05) is 36.8 Å². The van der Waals surface area contributed by atoms with Gasteiger partial charge in [-0.2, -0.15) is 0 Å². The van der Waals surface area contributed by atoms with Gasteiger partial charge in [0.1, 0.15) is 5.75 Å². The van der Waals surface area contributed by atoms with Gasteiger partial charge in [0.15, 0.2) is 0 Å². The summed E-state index contributed by atoms with van der Waals surface area (Å²) in [5, 5.41) is 17.9. The van der Waals surface area contributed by atoms with Crippen LogP contribution in [0.1, 0.15) is 11.5 Å². The first kappa shape index (κ1) is 19.3. The summed E-state index contributed by atoms with van der Waals surface area (Å²) in [4.78, 5) is 16.6. The van der Waals surface area contributed by atoms with Crippen LogP contribution in [0.3, 0.4) is 0 Å². The minimum Gasteiger partial charge on any atom is -0.508 e. The maximum atomic E-state index is 12.5. The summed E-state index contributed by atoms with van der Waals surface area (Å²) in [5.41, 5.74) is 2.16. The summed E-state index contributed by atoms with van der Waals surface area (Å²) in [5.74, 6) is 1.16. The fourth-order valence-corrected chi connectivity index (χ4v) is 3.91. The molecule has 0 bridgehead atoms. The van der Waals surface area contributed by atoms with E-state index in [2.05, 4.69) is 15.1 Å². The lowest BCUT2D eigenvalue weighted by molar-refractivity contribution is -0.128. The minimum absolute atomic E-state index is 0.0724. The molecule has 2 aromatic carbocycles. The third kappa shape index (κ3) is 5.08. The molecule has 0 unspecified atom stereocenters. The standard InChI is InChI=1S/C21H22N4O3S/c26-18-8-6-17(7-9-18)24-10-12-25(13-11-24)20(27)15-29-21-23-22-19(28-21)14-16-4-2-1-3-5-16/h1-9,26H,10-15H2. The number of aromatic nitrogens is 2. The Labute approximate surface area is 173 Å². The molecule has 1 fully saturated rings. The van der Waals surface area contributed by atoms with E-state index < -0.39 is 0 Å². The molecule has 0 saturated carbocycles. The highest BCUT2D eigenvalue weighted by Crippen LogP contribution is 2.21. The number of phenolic OH excluding ortho intramolecular Hbond substituents is 1. The lowest BCUT2D eigenvalue weighted by atomic mass is 10.2. The number of rotatable bonds is 6. The number of nitrogens with zero attached hydrogens (tertiary/aromatic N) is 4. The van der Waals surface area contributed by atoms with Gasteiger partial charge in [0, 0.05) is 31.9 Å². The van der Waals surface area contributed by atoms with Gasteiger partial charge in [-0.15, -0.1) is 10.2 Å². The van der Waals surface area contributed by atoms with E-state index in [1.54, 1.807) is 12.1 Å². The molecule has 7 nitrogen and oxygen atoms in total. The Morgan fingerprint density at radius 2 is 1.72 bits per heavy atom. The number of hydrogen-bond donors (Lipinski definition) is 1. The Balaban J connectivity index is 1.24. The molecule has 8 heteroatoms. The van der Waals surface area contributed by atoms with E-state index in [-0.39, 0.29) is 17.4 Å². The Kier molecular flexibility index (Phi) is 6.00. The predicted molar refractivity (Wildman–Crippen MR) is 111 cm³/mol. The van der Waals surface area contributed by atoms with Gasteiger partial charge in [0.25, 0.3) is 5.22 Å². The van der Waals surface area contributed by atoms with E-state index in [0.717, 1.165) is 24.3 Å². The molecule has 1 amide bonds. The second-order valence-corrected chi connectivity index (χ2v) is 7.72. The third-order valence-corrected chi connectivity index (χ3v) is 5.62. The largest absolute Gasteiger partial charge is 0.508 e. The lowest BCUT2D eigenvalue weighted by Gasteiger charge is -2.36. The second-order valence-electron chi connectivity index (χ2n) is 6.80. The monoisotopic (exact) mass is 410 g/mol. The summed E-state index contributed by atoms with van der Waals surface area (Å²) >= 11 is 1.28. The highest BCUT2D eigenvalue weighted by Gasteiger charge is 2.22. The molecule has 150 valence electrons. The van der Waals surface area contributed by atoms with Crippen LogP contribution >= 0.6 is 11.8 Å². The Bertz CT molecular complexity index is 938. The van der Waals surface area contributed by atoms with Crippen molar-refractivity contribution in [2.45, 2.75) is 11.6 Å². The van der Waals surface area contributed by atoms with E-state index in [4.69, 9.17) is 4.42 Å². The van der Waals surface area contributed by atoms with Gasteiger partial charge in [-0.3, -0.25) is 4.79 Å². The van der Waals surface area contributed by atoms with E-state index in [0.29, 0.717) is 30.6 Å². The Morgan fingerprint density at radius 3 is 2.45 bits per heavy atom. The number of hydrogen-bond acceptors (Lipinski definition) is 7. The summed E-state index contributed by atoms with van der Waals surface area (Å²) in [7, 11) is 0. The van der Waals surface area contributed by atoms with E-state index >= 15 is 0 Å². The average molecular weight is 410 g/mol. The highest BCUT2D eigenvalue weighted by molar-refractivity contribution is 7.99. The van der Waals surface area contributed by atoms with Crippen LogP contribution in [0.2, 0.25) is 0 Å². The molecular formula is C21H22N4O3S. The molecule has 2 heterocycles. The number of anilines is 1. The fourth-order valence-electron chi connectivity index (χ4n) is 3.23. The molecule has 3 aromatic rings. The zero-order valence-corrected chi connectivity index (χ0v) is 16.7. The van der Waals surface area contributed by atoms with Gasteiger partial charge in [0.05, 0.1) is 12.2 Å². The molecule has 0 spiro atoms. The van der Waals surface area contributed by atoms with Crippen molar-refractivity contribution in [2.24, 2.45) is 0 Å². The quantitative estimate of drug-likeness (QED) is 0.626. The van der Waals surface area contributed by atoms with E-state index in [9.17, 15) is 9.90 Å². The molecule has 4 rings (SSSR count). The third-order valence-electron chi connectivity index (χ3n) is 4.81. The zero-order chi connectivity index (χ0) is 20.1. The van der Waals surface area contributed by atoms with Crippen LogP contribution in [0.15, 0.2) is 64.2 Å². The normalized spacial score (nSPS) is 14.2. The maximum absolute atomic E-state index is 12.5. The second kappa shape index (κ2) is 9.00. The van der Waals surface area contributed by atoms with Crippen molar-refractivity contribution in [1.82, 2.24) is 15.1 Å². The van der Waals surface area contributed by atoms with Crippen LogP contribution in [-0.4, -0.2) is 58.0 Å². The number of carbonyl (C=O) groups is 1. The molecule has 29 heavy (non-hydrogen) atoms. The number of thioether (sulfide) groups is 1. The minimum atomic E-state index is 0.0724. The number of phenols is 1. The molecule has 1 N–H and O–H groups in total. The van der Waals surface area contributed by atoms with Crippen molar-refractivity contribution in [3.05, 3.63) is 66.1 Å².